The molecule has 0 saturated heterocycles. The third-order valence-corrected chi connectivity index (χ3v) is 1.08. The Labute approximate surface area is 65.9 Å². The van der Waals surface area contributed by atoms with E-state index in [1.54, 1.807) is 14.0 Å². The van der Waals surface area contributed by atoms with Crippen LogP contribution in [0.2, 0.25) is 0 Å². The maximum atomic E-state index is 10.7. The molecule has 0 heterocycles. The first-order chi connectivity index (χ1) is 4.72. The van der Waals surface area contributed by atoms with Crippen LogP contribution in [0, 0.1) is 0 Å². The van der Waals surface area contributed by atoms with Gasteiger partial charge in [0.2, 0.25) is 0 Å². The van der Waals surface area contributed by atoms with E-state index in [4.69, 9.17) is 0 Å². The number of nitrogens with one attached hydrogen (secondary N) is 1. The van der Waals surface area contributed by atoms with Crippen LogP contribution >= 0.6 is 12.6 Å². The second-order valence-corrected chi connectivity index (χ2v) is 2.02. The highest BCUT2D eigenvalue weighted by Crippen LogP contribution is 2.00. The van der Waals surface area contributed by atoms with Crippen LogP contribution in [0.5, 0.6) is 0 Å². The molecule has 4 heteroatoms. The first-order valence-corrected chi connectivity index (χ1v) is 3.40. The summed E-state index contributed by atoms with van der Waals surface area (Å²) in [6.07, 6.45) is 1.47. The minimum Gasteiger partial charge on any atom is -0.462 e. The van der Waals surface area contributed by atoms with Crippen LogP contribution in [0.15, 0.2) is 11.1 Å². The fourth-order valence-electron chi connectivity index (χ4n) is 0.401. The smallest absolute Gasteiger partial charge is 0.345 e. The maximum absolute atomic E-state index is 10.7. The Bertz CT molecular complexity index is 145. The molecule has 0 atom stereocenters. The molecule has 58 valence electrons. The zero-order valence-electron chi connectivity index (χ0n) is 6.05. The van der Waals surface area contributed by atoms with Crippen molar-refractivity contribution < 1.29 is 9.53 Å². The number of rotatable bonds is 3. The molecule has 0 unspecified atom stereocenters. The van der Waals surface area contributed by atoms with Crippen molar-refractivity contribution in [1.29, 1.82) is 0 Å². The average molecular weight is 161 g/mol. The number of carbonyl (C=O) groups is 1. The van der Waals surface area contributed by atoms with Gasteiger partial charge in [0.15, 0.2) is 0 Å². The summed E-state index contributed by atoms with van der Waals surface area (Å²) in [6.45, 7) is 2.12. The summed E-state index contributed by atoms with van der Waals surface area (Å²) in [5.41, 5.74) is 0. The molecule has 0 spiro atoms. The van der Waals surface area contributed by atoms with Gasteiger partial charge >= 0.3 is 5.97 Å². The number of ether oxygens (including phenoxy) is 1. The minimum atomic E-state index is -0.403. The molecule has 0 aromatic heterocycles. The fourth-order valence-corrected chi connectivity index (χ4v) is 0.594. The minimum absolute atomic E-state index is 0.282. The van der Waals surface area contributed by atoms with E-state index in [1.165, 1.54) is 6.20 Å². The molecule has 0 saturated carbocycles. The van der Waals surface area contributed by atoms with Crippen molar-refractivity contribution in [3.63, 3.8) is 0 Å². The van der Waals surface area contributed by atoms with Gasteiger partial charge in [0.25, 0.3) is 0 Å². The van der Waals surface area contributed by atoms with Gasteiger partial charge in [-0.2, -0.15) is 0 Å². The van der Waals surface area contributed by atoms with E-state index in [0.717, 1.165) is 0 Å². The molecule has 0 amide bonds. The van der Waals surface area contributed by atoms with E-state index in [0.29, 0.717) is 6.61 Å². The molecule has 0 rings (SSSR count). The van der Waals surface area contributed by atoms with E-state index in [-0.39, 0.29) is 4.91 Å². The first kappa shape index (κ1) is 9.36. The van der Waals surface area contributed by atoms with E-state index in [9.17, 15) is 4.79 Å². The van der Waals surface area contributed by atoms with Crippen molar-refractivity contribution in [2.24, 2.45) is 0 Å². The molecule has 1 N–H and O–H groups in total. The highest BCUT2D eigenvalue weighted by atomic mass is 32.1. The summed E-state index contributed by atoms with van der Waals surface area (Å²) in [6, 6.07) is 0. The zero-order valence-corrected chi connectivity index (χ0v) is 6.94. The highest BCUT2D eigenvalue weighted by Gasteiger charge is 2.03. The van der Waals surface area contributed by atoms with Gasteiger partial charge in [-0.3, -0.25) is 0 Å². The Morgan fingerprint density at radius 1 is 1.80 bits per heavy atom. The second kappa shape index (κ2) is 5.17. The summed E-state index contributed by atoms with van der Waals surface area (Å²) in [4.78, 5) is 11.0. The highest BCUT2D eigenvalue weighted by molar-refractivity contribution is 7.85. The average Bonchev–Trinajstić information content (AvgIpc) is 1.89. The summed E-state index contributed by atoms with van der Waals surface area (Å²) in [7, 11) is 1.69. The topological polar surface area (TPSA) is 38.3 Å². The second-order valence-electron chi connectivity index (χ2n) is 1.54. The van der Waals surface area contributed by atoms with E-state index in [1.807, 2.05) is 0 Å². The Balaban J connectivity index is 3.82. The van der Waals surface area contributed by atoms with Gasteiger partial charge in [-0.1, -0.05) is 0 Å². The number of esters is 1. The van der Waals surface area contributed by atoms with Crippen molar-refractivity contribution >= 4 is 18.6 Å². The van der Waals surface area contributed by atoms with Crippen molar-refractivity contribution in [1.82, 2.24) is 5.32 Å². The lowest BCUT2D eigenvalue weighted by Crippen LogP contribution is -2.06. The summed E-state index contributed by atoms with van der Waals surface area (Å²) in [5, 5.41) is 2.67. The van der Waals surface area contributed by atoms with Gasteiger partial charge in [-0.25, -0.2) is 4.79 Å². The van der Waals surface area contributed by atoms with Crippen LogP contribution < -0.4 is 5.32 Å². The molecular formula is C6H11NO2S. The standard InChI is InChI=1S/C6H11NO2S/c1-3-9-6(8)5(10)4-7-2/h4,7,10H,3H2,1-2H3/b5-4-. The molecule has 0 aliphatic rings. The number of hydrogen-bond acceptors (Lipinski definition) is 4. The van der Waals surface area contributed by atoms with Crippen LogP contribution in [0.25, 0.3) is 0 Å². The predicted molar refractivity (Wildman–Crippen MR) is 42.8 cm³/mol. The summed E-state index contributed by atoms with van der Waals surface area (Å²) < 4.78 is 4.63. The molecule has 0 radical (unpaired) electrons. The summed E-state index contributed by atoms with van der Waals surface area (Å²) in [5.74, 6) is -0.403. The van der Waals surface area contributed by atoms with Gasteiger partial charge in [-0.05, 0) is 6.92 Å². The maximum Gasteiger partial charge on any atom is 0.345 e. The largest absolute Gasteiger partial charge is 0.462 e. The van der Waals surface area contributed by atoms with Crippen molar-refractivity contribution in [3.8, 4) is 0 Å². The monoisotopic (exact) mass is 161 g/mol. The summed E-state index contributed by atoms with van der Waals surface area (Å²) >= 11 is 3.86. The number of thiol groups is 1. The Hall–Kier alpha value is -0.640. The third-order valence-electron chi connectivity index (χ3n) is 0.766. The molecule has 3 nitrogen and oxygen atoms in total. The SMILES string of the molecule is CCOC(=O)/C(S)=C/NC. The van der Waals surface area contributed by atoms with Crippen molar-refractivity contribution in [3.05, 3.63) is 11.1 Å². The molecular weight excluding hydrogens is 150 g/mol. The van der Waals surface area contributed by atoms with Gasteiger partial charge in [0.05, 0.1) is 6.61 Å². The Morgan fingerprint density at radius 3 is 2.80 bits per heavy atom. The fraction of sp³-hybridized carbons (Fsp3) is 0.500. The van der Waals surface area contributed by atoms with Crippen LogP contribution in [-0.2, 0) is 9.53 Å². The lowest BCUT2D eigenvalue weighted by atomic mass is 10.6. The van der Waals surface area contributed by atoms with Crippen LogP contribution in [0.3, 0.4) is 0 Å². The molecule has 10 heavy (non-hydrogen) atoms. The van der Waals surface area contributed by atoms with Gasteiger partial charge < -0.3 is 10.1 Å². The molecule has 0 fully saturated rings. The van der Waals surface area contributed by atoms with Gasteiger partial charge in [-0.15, -0.1) is 12.6 Å². The number of hydrogen-bond donors (Lipinski definition) is 2. The van der Waals surface area contributed by atoms with Crippen molar-refractivity contribution in [2.75, 3.05) is 13.7 Å². The van der Waals surface area contributed by atoms with Crippen LogP contribution in [0.4, 0.5) is 0 Å². The van der Waals surface area contributed by atoms with Gasteiger partial charge in [0, 0.05) is 13.2 Å². The van der Waals surface area contributed by atoms with E-state index >= 15 is 0 Å². The molecule has 0 aromatic rings. The lowest BCUT2D eigenvalue weighted by molar-refractivity contribution is -0.137. The molecule has 0 aliphatic carbocycles. The third kappa shape index (κ3) is 3.40. The Morgan fingerprint density at radius 2 is 2.40 bits per heavy atom. The van der Waals surface area contributed by atoms with Crippen LogP contribution in [-0.4, -0.2) is 19.6 Å². The predicted octanol–water partition coefficient (Wildman–Crippen LogP) is 0.540. The molecule has 0 bridgehead atoms. The normalized spacial score (nSPS) is 10.9. The van der Waals surface area contributed by atoms with Crippen molar-refractivity contribution in [2.45, 2.75) is 6.92 Å². The lowest BCUT2D eigenvalue weighted by Gasteiger charge is -1.99. The molecule has 0 aliphatic heterocycles. The first-order valence-electron chi connectivity index (χ1n) is 2.95. The Kier molecular flexibility index (Phi) is 4.84. The van der Waals surface area contributed by atoms with Gasteiger partial charge in [0.1, 0.15) is 4.91 Å². The zero-order chi connectivity index (χ0) is 7.98. The molecule has 0 aromatic carbocycles. The van der Waals surface area contributed by atoms with Crippen LogP contribution in [0.1, 0.15) is 6.92 Å². The quantitative estimate of drug-likeness (QED) is 0.360. The van der Waals surface area contributed by atoms with E-state index in [2.05, 4.69) is 22.7 Å². The van der Waals surface area contributed by atoms with E-state index < -0.39 is 5.97 Å². The number of carbonyl (C=O) groups excluding carboxylic acids is 1.